The fourth-order valence-electron chi connectivity index (χ4n) is 2.04. The highest BCUT2D eigenvalue weighted by Crippen LogP contribution is 2.49. The number of carbonyl (C=O) groups is 2. The molecule has 1 aliphatic rings. The van der Waals surface area contributed by atoms with Crippen LogP contribution in [0, 0.1) is 5.41 Å². The summed E-state index contributed by atoms with van der Waals surface area (Å²) in [5, 5.41) is 11.3. The normalized spacial score (nSPS) is 17.8. The molecule has 0 radical (unpaired) electrons. The number of sulfone groups is 1. The van der Waals surface area contributed by atoms with E-state index in [0.717, 1.165) is 0 Å². The molecule has 110 valence electrons. The highest BCUT2D eigenvalue weighted by molar-refractivity contribution is 7.92. The van der Waals surface area contributed by atoms with Crippen LogP contribution < -0.4 is 5.32 Å². The van der Waals surface area contributed by atoms with Crippen LogP contribution in [0.4, 0.5) is 0 Å². The van der Waals surface area contributed by atoms with Gasteiger partial charge >= 0.3 is 5.97 Å². The number of carboxylic acids is 1. The predicted octanol–water partition coefficient (Wildman–Crippen LogP) is 0.571. The maximum Gasteiger partial charge on any atom is 0.303 e. The van der Waals surface area contributed by atoms with Crippen LogP contribution in [0.5, 0.6) is 0 Å². The van der Waals surface area contributed by atoms with Gasteiger partial charge in [0.15, 0.2) is 9.84 Å². The van der Waals surface area contributed by atoms with Gasteiger partial charge in [-0.05, 0) is 39.0 Å². The zero-order valence-electron chi connectivity index (χ0n) is 11.5. The van der Waals surface area contributed by atoms with Crippen molar-refractivity contribution in [2.45, 2.75) is 45.6 Å². The molecule has 0 aromatic heterocycles. The zero-order chi connectivity index (χ0) is 14.9. The van der Waals surface area contributed by atoms with Crippen molar-refractivity contribution in [2.75, 3.05) is 11.5 Å². The molecule has 1 amide bonds. The minimum Gasteiger partial charge on any atom is -0.481 e. The molecule has 1 aliphatic carbocycles. The molecule has 6 nitrogen and oxygen atoms in total. The summed E-state index contributed by atoms with van der Waals surface area (Å²) in [5.41, 5.74) is -1.13. The van der Waals surface area contributed by atoms with Crippen molar-refractivity contribution in [3.05, 3.63) is 0 Å². The van der Waals surface area contributed by atoms with E-state index >= 15 is 0 Å². The lowest BCUT2D eigenvalue weighted by atomic mass is 10.1. The third-order valence-electron chi connectivity index (χ3n) is 2.87. The van der Waals surface area contributed by atoms with E-state index in [4.69, 9.17) is 5.11 Å². The summed E-state index contributed by atoms with van der Waals surface area (Å²) in [7, 11) is -3.57. The number of rotatable bonds is 6. The van der Waals surface area contributed by atoms with Gasteiger partial charge in [-0.1, -0.05) is 0 Å². The Labute approximate surface area is 113 Å². The smallest absolute Gasteiger partial charge is 0.303 e. The molecule has 0 aromatic rings. The topological polar surface area (TPSA) is 101 Å². The Kier molecular flexibility index (Phi) is 4.29. The Balaban J connectivity index is 2.58. The van der Waals surface area contributed by atoms with Crippen LogP contribution >= 0.6 is 0 Å². The summed E-state index contributed by atoms with van der Waals surface area (Å²) < 4.78 is 23.8. The Bertz CT molecular complexity index is 471. The van der Waals surface area contributed by atoms with E-state index in [1.54, 1.807) is 20.8 Å². The van der Waals surface area contributed by atoms with Crippen LogP contribution in [0.25, 0.3) is 0 Å². The molecule has 1 fully saturated rings. The lowest BCUT2D eigenvalue weighted by Crippen LogP contribution is -2.44. The van der Waals surface area contributed by atoms with Gasteiger partial charge in [-0.2, -0.15) is 0 Å². The quantitative estimate of drug-likeness (QED) is 0.745. The van der Waals surface area contributed by atoms with E-state index in [1.165, 1.54) is 0 Å². The summed E-state index contributed by atoms with van der Waals surface area (Å²) in [4.78, 5) is 22.3. The number of amides is 1. The van der Waals surface area contributed by atoms with Crippen LogP contribution in [0.3, 0.4) is 0 Å². The fourth-order valence-corrected chi connectivity index (χ4v) is 3.94. The Hall–Kier alpha value is -1.11. The molecule has 0 bridgehead atoms. The molecule has 2 N–H and O–H groups in total. The minimum absolute atomic E-state index is 0.146. The first-order chi connectivity index (χ1) is 8.43. The molecule has 7 heteroatoms. The summed E-state index contributed by atoms with van der Waals surface area (Å²) in [5.74, 6) is -2.33. The van der Waals surface area contributed by atoms with Crippen molar-refractivity contribution < 1.29 is 23.1 Å². The Morgan fingerprint density at radius 2 is 1.79 bits per heavy atom. The van der Waals surface area contributed by atoms with Gasteiger partial charge in [-0.25, -0.2) is 8.42 Å². The molecule has 0 atom stereocenters. The zero-order valence-corrected chi connectivity index (χ0v) is 12.3. The molecule has 0 heterocycles. The minimum atomic E-state index is -3.57. The summed E-state index contributed by atoms with van der Waals surface area (Å²) in [6.07, 6.45) is 1.05. The van der Waals surface area contributed by atoms with E-state index in [0.29, 0.717) is 12.8 Å². The molecule has 0 aliphatic heterocycles. The fraction of sp³-hybridized carbons (Fsp3) is 0.833. The van der Waals surface area contributed by atoms with E-state index in [9.17, 15) is 18.0 Å². The molecular formula is C12H21NO5S. The summed E-state index contributed by atoms with van der Waals surface area (Å²) in [6.45, 7) is 5.30. The monoisotopic (exact) mass is 291 g/mol. The molecule has 0 unspecified atom stereocenters. The average molecular weight is 291 g/mol. The first kappa shape index (κ1) is 15.9. The van der Waals surface area contributed by atoms with Crippen molar-refractivity contribution in [2.24, 2.45) is 5.41 Å². The van der Waals surface area contributed by atoms with Crippen LogP contribution in [0.15, 0.2) is 0 Å². The molecular weight excluding hydrogens is 270 g/mol. The summed E-state index contributed by atoms with van der Waals surface area (Å²) in [6, 6.07) is 0. The van der Waals surface area contributed by atoms with Gasteiger partial charge in [0.05, 0.1) is 12.2 Å². The highest BCUT2D eigenvalue weighted by Gasteiger charge is 2.47. The first-order valence-electron chi connectivity index (χ1n) is 6.16. The standard InChI is InChI=1S/C12H21NO5S/c1-11(2,3)13-9(14)7-19(17,18)8-12(4-5-12)6-10(15)16/h4-8H2,1-3H3,(H,13,14)(H,15,16). The molecule has 0 aromatic carbocycles. The number of carbonyl (C=O) groups excluding carboxylic acids is 1. The van der Waals surface area contributed by atoms with Crippen molar-refractivity contribution in [3.63, 3.8) is 0 Å². The number of aliphatic carboxylic acids is 1. The van der Waals surface area contributed by atoms with E-state index in [2.05, 4.69) is 5.32 Å². The van der Waals surface area contributed by atoms with Gasteiger partial charge in [0, 0.05) is 5.54 Å². The van der Waals surface area contributed by atoms with Gasteiger partial charge in [0.25, 0.3) is 0 Å². The van der Waals surface area contributed by atoms with Crippen LogP contribution in [-0.2, 0) is 19.4 Å². The van der Waals surface area contributed by atoms with E-state index < -0.39 is 38.4 Å². The van der Waals surface area contributed by atoms with Crippen molar-refractivity contribution in [3.8, 4) is 0 Å². The SMILES string of the molecule is CC(C)(C)NC(=O)CS(=O)(=O)CC1(CC(=O)O)CC1. The Morgan fingerprint density at radius 3 is 2.16 bits per heavy atom. The second kappa shape index (κ2) is 5.11. The Morgan fingerprint density at radius 1 is 1.26 bits per heavy atom. The van der Waals surface area contributed by atoms with Gasteiger partial charge in [0.1, 0.15) is 5.75 Å². The van der Waals surface area contributed by atoms with Crippen LogP contribution in [0.2, 0.25) is 0 Å². The lowest BCUT2D eigenvalue weighted by molar-refractivity contribution is -0.138. The van der Waals surface area contributed by atoms with Crippen LogP contribution in [0.1, 0.15) is 40.0 Å². The molecule has 0 saturated heterocycles. The first-order valence-corrected chi connectivity index (χ1v) is 7.99. The highest BCUT2D eigenvalue weighted by atomic mass is 32.2. The maximum absolute atomic E-state index is 11.9. The predicted molar refractivity (Wildman–Crippen MR) is 70.5 cm³/mol. The van der Waals surface area contributed by atoms with E-state index in [-0.39, 0.29) is 12.2 Å². The number of nitrogens with one attached hydrogen (secondary N) is 1. The van der Waals surface area contributed by atoms with Gasteiger partial charge < -0.3 is 10.4 Å². The second-order valence-corrected chi connectivity index (χ2v) is 8.47. The largest absolute Gasteiger partial charge is 0.481 e. The van der Waals surface area contributed by atoms with Crippen LogP contribution in [-0.4, -0.2) is 42.4 Å². The number of hydrogen-bond donors (Lipinski definition) is 2. The lowest BCUT2D eigenvalue weighted by Gasteiger charge is -2.21. The third-order valence-corrected chi connectivity index (χ3v) is 4.63. The number of hydrogen-bond acceptors (Lipinski definition) is 4. The van der Waals surface area contributed by atoms with Crippen molar-refractivity contribution >= 4 is 21.7 Å². The second-order valence-electron chi connectivity index (χ2n) is 6.40. The average Bonchev–Trinajstić information content (AvgIpc) is 2.75. The van der Waals surface area contributed by atoms with Gasteiger partial charge in [-0.3, -0.25) is 9.59 Å². The summed E-state index contributed by atoms with van der Waals surface area (Å²) >= 11 is 0. The van der Waals surface area contributed by atoms with Crippen molar-refractivity contribution in [1.82, 2.24) is 5.32 Å². The third kappa shape index (κ3) is 6.04. The molecule has 1 rings (SSSR count). The molecule has 19 heavy (non-hydrogen) atoms. The molecule has 0 spiro atoms. The molecule has 1 saturated carbocycles. The number of carboxylic acid groups (broad SMARTS) is 1. The van der Waals surface area contributed by atoms with Gasteiger partial charge in [-0.15, -0.1) is 0 Å². The van der Waals surface area contributed by atoms with Crippen molar-refractivity contribution in [1.29, 1.82) is 0 Å². The van der Waals surface area contributed by atoms with E-state index in [1.807, 2.05) is 0 Å². The maximum atomic E-state index is 11.9. The van der Waals surface area contributed by atoms with Gasteiger partial charge in [0.2, 0.25) is 5.91 Å².